The summed E-state index contributed by atoms with van der Waals surface area (Å²) in [4.78, 5) is 0. The summed E-state index contributed by atoms with van der Waals surface area (Å²) < 4.78 is 10.9. The Morgan fingerprint density at radius 3 is 2.76 bits per heavy atom. The Morgan fingerprint density at radius 1 is 1.29 bits per heavy atom. The van der Waals surface area contributed by atoms with E-state index in [0.29, 0.717) is 12.0 Å². The van der Waals surface area contributed by atoms with E-state index in [1.807, 2.05) is 12.1 Å². The van der Waals surface area contributed by atoms with E-state index in [9.17, 15) is 0 Å². The van der Waals surface area contributed by atoms with Crippen LogP contribution in [0, 0.1) is 5.92 Å². The first-order chi connectivity index (χ1) is 8.31. The number of ether oxygens (including phenoxy) is 2. The van der Waals surface area contributed by atoms with Gasteiger partial charge in [0.2, 0.25) is 0 Å². The smallest absolute Gasteiger partial charge is 0.165 e. The third-order valence-corrected chi connectivity index (χ3v) is 3.64. The lowest BCUT2D eigenvalue weighted by Gasteiger charge is -2.22. The summed E-state index contributed by atoms with van der Waals surface area (Å²) in [5.74, 6) is 2.37. The molecule has 3 nitrogen and oxygen atoms in total. The molecular weight excluding hydrogens is 214 g/mol. The van der Waals surface area contributed by atoms with E-state index >= 15 is 0 Å². The first kappa shape index (κ1) is 12.2. The highest BCUT2D eigenvalue weighted by Crippen LogP contribution is 2.40. The SMILES string of the molecule is CCC1CCNC1c1cccc(OC)c1OC. The molecule has 0 saturated carbocycles. The molecule has 0 radical (unpaired) electrons. The maximum atomic E-state index is 5.51. The summed E-state index contributed by atoms with van der Waals surface area (Å²) in [7, 11) is 3.39. The van der Waals surface area contributed by atoms with Crippen molar-refractivity contribution < 1.29 is 9.47 Å². The van der Waals surface area contributed by atoms with Gasteiger partial charge < -0.3 is 14.8 Å². The van der Waals surface area contributed by atoms with E-state index in [-0.39, 0.29) is 0 Å². The number of para-hydroxylation sites is 1. The van der Waals surface area contributed by atoms with Crippen LogP contribution in [-0.2, 0) is 0 Å². The van der Waals surface area contributed by atoms with Crippen LogP contribution in [-0.4, -0.2) is 20.8 Å². The van der Waals surface area contributed by atoms with Crippen molar-refractivity contribution >= 4 is 0 Å². The van der Waals surface area contributed by atoms with E-state index in [4.69, 9.17) is 9.47 Å². The van der Waals surface area contributed by atoms with Crippen LogP contribution < -0.4 is 14.8 Å². The molecule has 0 amide bonds. The zero-order valence-electron chi connectivity index (χ0n) is 10.8. The number of rotatable bonds is 4. The van der Waals surface area contributed by atoms with Crippen molar-refractivity contribution in [3.8, 4) is 11.5 Å². The van der Waals surface area contributed by atoms with Crippen molar-refractivity contribution in [2.45, 2.75) is 25.8 Å². The largest absolute Gasteiger partial charge is 0.493 e. The van der Waals surface area contributed by atoms with Gasteiger partial charge in [-0.2, -0.15) is 0 Å². The molecule has 0 aromatic heterocycles. The molecule has 2 rings (SSSR count). The second-order valence-corrected chi connectivity index (χ2v) is 4.47. The summed E-state index contributed by atoms with van der Waals surface area (Å²) in [6.45, 7) is 3.33. The predicted molar refractivity (Wildman–Crippen MR) is 68.7 cm³/mol. The van der Waals surface area contributed by atoms with E-state index in [2.05, 4.69) is 18.3 Å². The van der Waals surface area contributed by atoms with Crippen LogP contribution in [0.5, 0.6) is 11.5 Å². The molecule has 2 unspecified atom stereocenters. The lowest BCUT2D eigenvalue weighted by Crippen LogP contribution is -2.18. The molecular formula is C14H21NO2. The van der Waals surface area contributed by atoms with Crippen LogP contribution in [0.2, 0.25) is 0 Å². The molecule has 1 aliphatic rings. The molecule has 1 fully saturated rings. The number of benzene rings is 1. The topological polar surface area (TPSA) is 30.5 Å². The minimum absolute atomic E-state index is 0.394. The highest BCUT2D eigenvalue weighted by atomic mass is 16.5. The van der Waals surface area contributed by atoms with Gasteiger partial charge in [0.05, 0.1) is 14.2 Å². The Labute approximate surface area is 103 Å². The average Bonchev–Trinajstić information content (AvgIpc) is 2.85. The van der Waals surface area contributed by atoms with E-state index in [1.54, 1.807) is 14.2 Å². The Bertz CT molecular complexity index is 378. The molecule has 1 aliphatic heterocycles. The zero-order chi connectivity index (χ0) is 12.3. The first-order valence-corrected chi connectivity index (χ1v) is 6.26. The van der Waals surface area contributed by atoms with Crippen LogP contribution in [0.15, 0.2) is 18.2 Å². The Hall–Kier alpha value is -1.22. The van der Waals surface area contributed by atoms with Crippen LogP contribution in [0.3, 0.4) is 0 Å². The molecule has 1 aromatic rings. The summed E-state index contributed by atoms with van der Waals surface area (Å²) in [6, 6.07) is 6.50. The number of nitrogens with one attached hydrogen (secondary N) is 1. The lowest BCUT2D eigenvalue weighted by atomic mass is 9.91. The van der Waals surface area contributed by atoms with Gasteiger partial charge in [0.25, 0.3) is 0 Å². The summed E-state index contributed by atoms with van der Waals surface area (Å²) >= 11 is 0. The van der Waals surface area contributed by atoms with Crippen LogP contribution in [0.4, 0.5) is 0 Å². The summed E-state index contributed by atoms with van der Waals surface area (Å²) in [5, 5.41) is 3.56. The summed E-state index contributed by atoms with van der Waals surface area (Å²) in [5.41, 5.74) is 1.22. The van der Waals surface area contributed by atoms with Crippen molar-refractivity contribution in [3.05, 3.63) is 23.8 Å². The van der Waals surface area contributed by atoms with E-state index in [0.717, 1.165) is 18.0 Å². The predicted octanol–water partition coefficient (Wildman–Crippen LogP) is 2.76. The van der Waals surface area contributed by atoms with Gasteiger partial charge in [-0.05, 0) is 24.9 Å². The Morgan fingerprint density at radius 2 is 2.12 bits per heavy atom. The molecule has 0 aliphatic carbocycles. The monoisotopic (exact) mass is 235 g/mol. The van der Waals surface area contributed by atoms with Crippen molar-refractivity contribution in [2.24, 2.45) is 5.92 Å². The maximum absolute atomic E-state index is 5.51. The molecule has 0 bridgehead atoms. The van der Waals surface area contributed by atoms with Crippen molar-refractivity contribution in [1.29, 1.82) is 0 Å². The zero-order valence-corrected chi connectivity index (χ0v) is 10.8. The lowest BCUT2D eigenvalue weighted by molar-refractivity contribution is 0.341. The van der Waals surface area contributed by atoms with Gasteiger partial charge in [0.1, 0.15) is 0 Å². The van der Waals surface area contributed by atoms with Crippen molar-refractivity contribution in [3.63, 3.8) is 0 Å². The molecule has 1 N–H and O–H groups in total. The van der Waals surface area contributed by atoms with Crippen molar-refractivity contribution in [2.75, 3.05) is 20.8 Å². The fraction of sp³-hybridized carbons (Fsp3) is 0.571. The molecule has 1 heterocycles. The molecule has 3 heteroatoms. The van der Waals surface area contributed by atoms with Gasteiger partial charge in [-0.1, -0.05) is 25.5 Å². The quantitative estimate of drug-likeness (QED) is 0.870. The fourth-order valence-corrected chi connectivity index (χ4v) is 2.72. The first-order valence-electron chi connectivity index (χ1n) is 6.26. The van der Waals surface area contributed by atoms with Gasteiger partial charge >= 0.3 is 0 Å². The maximum Gasteiger partial charge on any atom is 0.165 e. The number of methoxy groups -OCH3 is 2. The van der Waals surface area contributed by atoms with Crippen molar-refractivity contribution in [1.82, 2.24) is 5.32 Å². The minimum Gasteiger partial charge on any atom is -0.493 e. The highest BCUT2D eigenvalue weighted by Gasteiger charge is 2.29. The fourth-order valence-electron chi connectivity index (χ4n) is 2.72. The third-order valence-electron chi connectivity index (χ3n) is 3.64. The van der Waals surface area contributed by atoms with Crippen LogP contribution in [0.25, 0.3) is 0 Å². The van der Waals surface area contributed by atoms with Gasteiger partial charge in [-0.25, -0.2) is 0 Å². The molecule has 0 spiro atoms. The van der Waals surface area contributed by atoms with E-state index < -0.39 is 0 Å². The second-order valence-electron chi connectivity index (χ2n) is 4.47. The third kappa shape index (κ3) is 2.25. The van der Waals surface area contributed by atoms with Gasteiger partial charge in [0, 0.05) is 11.6 Å². The standard InChI is InChI=1S/C14H21NO2/c1-4-10-8-9-15-13(10)11-6-5-7-12(16-2)14(11)17-3/h5-7,10,13,15H,4,8-9H2,1-3H3. The normalized spacial score (nSPS) is 23.7. The number of hydrogen-bond acceptors (Lipinski definition) is 3. The average molecular weight is 235 g/mol. The van der Waals surface area contributed by atoms with Gasteiger partial charge in [0.15, 0.2) is 11.5 Å². The summed E-state index contributed by atoms with van der Waals surface area (Å²) in [6.07, 6.45) is 2.43. The van der Waals surface area contributed by atoms with Gasteiger partial charge in [-0.3, -0.25) is 0 Å². The second kappa shape index (κ2) is 5.41. The minimum atomic E-state index is 0.394. The highest BCUT2D eigenvalue weighted by molar-refractivity contribution is 5.48. The Balaban J connectivity index is 2.37. The van der Waals surface area contributed by atoms with Crippen LogP contribution >= 0.6 is 0 Å². The molecule has 2 atom stereocenters. The van der Waals surface area contributed by atoms with Gasteiger partial charge in [-0.15, -0.1) is 0 Å². The molecule has 1 aromatic carbocycles. The molecule has 17 heavy (non-hydrogen) atoms. The van der Waals surface area contributed by atoms with Crippen LogP contribution in [0.1, 0.15) is 31.4 Å². The van der Waals surface area contributed by atoms with E-state index in [1.165, 1.54) is 18.4 Å². The number of hydrogen-bond donors (Lipinski definition) is 1. The molecule has 1 saturated heterocycles. The Kier molecular flexibility index (Phi) is 3.89. The molecule has 94 valence electrons.